The van der Waals surface area contributed by atoms with E-state index in [9.17, 15) is 22.8 Å². The number of aromatic nitrogens is 1. The summed E-state index contributed by atoms with van der Waals surface area (Å²) < 4.78 is 45.0. The van der Waals surface area contributed by atoms with Crippen LogP contribution in [0.4, 0.5) is 18.3 Å². The van der Waals surface area contributed by atoms with Crippen molar-refractivity contribution >= 4 is 62.7 Å². The van der Waals surface area contributed by atoms with Crippen molar-refractivity contribution in [3.05, 3.63) is 99.6 Å². The summed E-state index contributed by atoms with van der Waals surface area (Å²) in [4.78, 5) is 31.9. The molecule has 1 fully saturated rings. The van der Waals surface area contributed by atoms with Crippen LogP contribution < -0.4 is 5.32 Å². The predicted molar refractivity (Wildman–Crippen MR) is 149 cm³/mol. The molecule has 3 heterocycles. The number of benzene rings is 2. The van der Waals surface area contributed by atoms with Crippen LogP contribution in [0, 0.1) is 0 Å². The molecule has 0 atom stereocenters. The first kappa shape index (κ1) is 26.9. The number of thiocarbonyl (C=S) groups is 1. The van der Waals surface area contributed by atoms with Crippen molar-refractivity contribution in [3.63, 3.8) is 0 Å². The fourth-order valence-corrected chi connectivity index (χ4v) is 5.86. The molecule has 0 radical (unpaired) electrons. The van der Waals surface area contributed by atoms with Gasteiger partial charge in [-0.15, -0.1) is 11.3 Å². The lowest BCUT2D eigenvalue weighted by Crippen LogP contribution is -2.36. The molecule has 0 spiro atoms. The second-order valence-electron chi connectivity index (χ2n) is 8.39. The molecular formula is C27H18F3N3O3S3. The number of hydrogen-bond acceptors (Lipinski definition) is 7. The van der Waals surface area contributed by atoms with E-state index < -0.39 is 23.6 Å². The fourth-order valence-electron chi connectivity index (χ4n) is 3.76. The minimum atomic E-state index is -4.42. The third-order valence-corrected chi connectivity index (χ3v) is 7.86. The molecular weight excluding hydrogens is 568 g/mol. The van der Waals surface area contributed by atoms with Crippen LogP contribution >= 0.6 is 35.3 Å². The van der Waals surface area contributed by atoms with E-state index >= 15 is 0 Å². The molecule has 0 saturated carbocycles. The maximum absolute atomic E-state index is 13.0. The number of alkyl halides is 3. The van der Waals surface area contributed by atoms with E-state index in [4.69, 9.17) is 16.6 Å². The normalized spacial score (nSPS) is 14.8. The third kappa shape index (κ3) is 6.47. The van der Waals surface area contributed by atoms with Crippen molar-refractivity contribution in [3.8, 4) is 11.3 Å². The number of amides is 2. The first-order valence-electron chi connectivity index (χ1n) is 11.5. The molecule has 2 aromatic carbocycles. The molecule has 5 rings (SSSR count). The first-order chi connectivity index (χ1) is 18.7. The smallest absolute Gasteiger partial charge is 0.416 e. The van der Waals surface area contributed by atoms with Gasteiger partial charge in [-0.25, -0.2) is 4.98 Å². The lowest BCUT2D eigenvalue weighted by Gasteiger charge is -2.13. The van der Waals surface area contributed by atoms with Gasteiger partial charge < -0.3 is 9.73 Å². The van der Waals surface area contributed by atoms with Crippen molar-refractivity contribution in [2.24, 2.45) is 0 Å². The number of halogens is 3. The summed E-state index contributed by atoms with van der Waals surface area (Å²) in [7, 11) is 0. The lowest BCUT2D eigenvalue weighted by atomic mass is 10.1. The van der Waals surface area contributed by atoms with Gasteiger partial charge in [0, 0.05) is 29.1 Å². The predicted octanol–water partition coefficient (Wildman–Crippen LogP) is 6.85. The lowest BCUT2D eigenvalue weighted by molar-refractivity contribution is -0.137. The maximum atomic E-state index is 13.0. The molecule has 0 unspecified atom stereocenters. The third-order valence-electron chi connectivity index (χ3n) is 5.57. The van der Waals surface area contributed by atoms with Crippen molar-refractivity contribution in [2.75, 3.05) is 11.9 Å². The van der Waals surface area contributed by atoms with Gasteiger partial charge in [-0.1, -0.05) is 72.5 Å². The molecule has 2 aromatic heterocycles. The van der Waals surface area contributed by atoms with E-state index in [2.05, 4.69) is 10.3 Å². The number of furan rings is 1. The molecule has 4 aromatic rings. The molecule has 1 aliphatic rings. The second kappa shape index (κ2) is 11.2. The van der Waals surface area contributed by atoms with Gasteiger partial charge in [0.05, 0.1) is 10.5 Å². The molecule has 39 heavy (non-hydrogen) atoms. The number of carbonyl (C=O) groups is 2. The van der Waals surface area contributed by atoms with Crippen molar-refractivity contribution in [1.82, 2.24) is 9.88 Å². The minimum absolute atomic E-state index is 0.232. The van der Waals surface area contributed by atoms with Crippen LogP contribution in [0.5, 0.6) is 0 Å². The Morgan fingerprint density at radius 2 is 1.90 bits per heavy atom. The van der Waals surface area contributed by atoms with Crippen LogP contribution in [0.2, 0.25) is 0 Å². The van der Waals surface area contributed by atoms with E-state index in [0.29, 0.717) is 26.9 Å². The average molecular weight is 586 g/mol. The van der Waals surface area contributed by atoms with Gasteiger partial charge in [-0.05, 0) is 23.8 Å². The van der Waals surface area contributed by atoms with Crippen LogP contribution in [-0.4, -0.2) is 32.6 Å². The molecule has 1 N–H and O–H groups in total. The SMILES string of the molecule is O=C(CN1C(=O)/C(=C/c2ccc(-c3ccccc3)o2)SC1=S)Nc1ncc(Cc2cccc(C(F)(F)F)c2)s1. The van der Waals surface area contributed by atoms with Gasteiger partial charge in [-0.3, -0.25) is 14.5 Å². The summed E-state index contributed by atoms with van der Waals surface area (Å²) in [6.45, 7) is -0.308. The van der Waals surface area contributed by atoms with E-state index in [1.807, 2.05) is 36.4 Å². The molecule has 6 nitrogen and oxygen atoms in total. The zero-order valence-corrected chi connectivity index (χ0v) is 22.3. The van der Waals surface area contributed by atoms with E-state index in [-0.39, 0.29) is 22.4 Å². The van der Waals surface area contributed by atoms with Gasteiger partial charge in [0.25, 0.3) is 5.91 Å². The van der Waals surface area contributed by atoms with Crippen LogP contribution in [-0.2, 0) is 22.2 Å². The van der Waals surface area contributed by atoms with Crippen LogP contribution in [0.3, 0.4) is 0 Å². The standard InChI is InChI=1S/C27H18F3N3O3S3/c28-27(29,30)18-8-4-5-16(11-18)12-20-14-31-25(38-20)32-23(34)15-33-24(35)22(39-26(33)37)13-19-9-10-21(36-19)17-6-2-1-3-7-17/h1-11,13-14H,12,15H2,(H,31,32,34)/b22-13-. The van der Waals surface area contributed by atoms with E-state index in [1.54, 1.807) is 18.2 Å². The highest BCUT2D eigenvalue weighted by molar-refractivity contribution is 8.26. The Bertz CT molecular complexity index is 1580. The molecule has 1 aliphatic heterocycles. The molecule has 198 valence electrons. The maximum Gasteiger partial charge on any atom is 0.416 e. The van der Waals surface area contributed by atoms with Crippen LogP contribution in [0.25, 0.3) is 17.4 Å². The Balaban J connectivity index is 1.19. The quantitative estimate of drug-likeness (QED) is 0.189. The molecule has 0 bridgehead atoms. The van der Waals surface area contributed by atoms with Gasteiger partial charge >= 0.3 is 6.18 Å². The number of nitrogens with one attached hydrogen (secondary N) is 1. The van der Waals surface area contributed by atoms with Crippen LogP contribution in [0.1, 0.15) is 21.8 Å². The number of anilines is 1. The number of nitrogens with zero attached hydrogens (tertiary/aromatic N) is 2. The van der Waals surface area contributed by atoms with Gasteiger partial charge in [0.15, 0.2) is 5.13 Å². The Kier molecular flexibility index (Phi) is 7.69. The van der Waals surface area contributed by atoms with Crippen molar-refractivity contribution < 1.29 is 27.2 Å². The summed E-state index contributed by atoms with van der Waals surface area (Å²) in [5.74, 6) is 0.224. The number of hydrogen-bond donors (Lipinski definition) is 1. The van der Waals surface area contributed by atoms with Crippen molar-refractivity contribution in [2.45, 2.75) is 12.6 Å². The highest BCUT2D eigenvalue weighted by atomic mass is 32.2. The summed E-state index contributed by atoms with van der Waals surface area (Å²) in [6, 6.07) is 18.2. The Morgan fingerprint density at radius 3 is 2.67 bits per heavy atom. The van der Waals surface area contributed by atoms with Gasteiger partial charge in [0.1, 0.15) is 22.4 Å². The minimum Gasteiger partial charge on any atom is -0.457 e. The molecule has 12 heteroatoms. The topological polar surface area (TPSA) is 75.4 Å². The number of thiazole rings is 1. The van der Waals surface area contributed by atoms with Gasteiger partial charge in [-0.2, -0.15) is 13.2 Å². The highest BCUT2D eigenvalue weighted by Crippen LogP contribution is 2.34. The Hall–Kier alpha value is -3.74. The summed E-state index contributed by atoms with van der Waals surface area (Å²) in [5.41, 5.74) is 0.656. The fraction of sp³-hybridized carbons (Fsp3) is 0.111. The Labute approximate surface area is 234 Å². The molecule has 2 amide bonds. The van der Waals surface area contributed by atoms with Gasteiger partial charge in [0.2, 0.25) is 5.91 Å². The molecule has 1 saturated heterocycles. The summed E-state index contributed by atoms with van der Waals surface area (Å²) in [6.07, 6.45) is -1.11. The average Bonchev–Trinajstić information content (AvgIpc) is 3.61. The second-order valence-corrected chi connectivity index (χ2v) is 11.2. The summed E-state index contributed by atoms with van der Waals surface area (Å²) >= 11 is 7.53. The van der Waals surface area contributed by atoms with E-state index in [0.717, 1.165) is 40.8 Å². The van der Waals surface area contributed by atoms with Crippen LogP contribution in [0.15, 0.2) is 82.2 Å². The monoisotopic (exact) mass is 585 g/mol. The zero-order valence-electron chi connectivity index (χ0n) is 19.9. The number of carbonyl (C=O) groups excluding carboxylic acids is 2. The summed E-state index contributed by atoms with van der Waals surface area (Å²) in [5, 5.41) is 2.90. The van der Waals surface area contributed by atoms with E-state index in [1.165, 1.54) is 17.2 Å². The number of rotatable bonds is 7. The first-order valence-corrected chi connectivity index (χ1v) is 13.5. The van der Waals surface area contributed by atoms with Crippen molar-refractivity contribution in [1.29, 1.82) is 0 Å². The largest absolute Gasteiger partial charge is 0.457 e. The molecule has 0 aliphatic carbocycles. The zero-order chi connectivity index (χ0) is 27.6. The Morgan fingerprint density at radius 1 is 1.10 bits per heavy atom. The number of thioether (sulfide) groups is 1. The highest BCUT2D eigenvalue weighted by Gasteiger charge is 2.34.